The standard InChI is InChI=1S/C123H121NO3/c1-11-15-19-23-35-65-122(66-36-24-20-16-12-2)99-43-31-27-39-86(99)89-59-53-82(71-106(89)122)81-52-58-88-87-57-51-80(69-101(87)120(7,8)102(88)70-81)78-47-49-79(50-48-78)95-75-108-114(117-94-42-30-34-46-111(94)127-118(95)117)92-61-55-85(74-107(92)123(108,67-37-25-21-17-13-3)68-38-26-22-18-14-4)124(83-56-63-112-97(72-83)91-40-28-32-44-109(91)125-112)84-54-60-90-96-76-105-98(77-104(96)121(9,10)103(90)73-84)115-100(119(105,5)6)62-64-113-116(115)93-41-29-33-45-110(93)126-113/h27-34,39-64,69-77H,11-26,35-38,65-68H2,1-10H3. The average molecular weight is 1660 g/mol. The van der Waals surface area contributed by atoms with Crippen LogP contribution < -0.4 is 4.90 Å². The SMILES string of the molecule is CCCCCCCC1(CCCCCCC)c2ccccc2-c2ccc(-c3ccc4c(c3)C(C)(C)c3cc(-c5ccc(-c6cc7c(c8c6oc6ccccc68)-c6ccc(N(c8ccc9c(c8)C(C)(C)c8cc%10c(cc8-9)C(C)(C)c8ccc9oc%11ccccc%11c9c8-%10)c8ccc9oc%10ccccc%10c9c8)cc6C7(CCCCCCC)CCCCCCC)cc5)ccc3-4)cc21. The molecule has 5 aliphatic carbocycles. The molecule has 22 rings (SSSR count). The normalized spacial score (nSPS) is 15.1. The first-order valence-electron chi connectivity index (χ1n) is 48.8. The Hall–Kier alpha value is -11.7. The van der Waals surface area contributed by atoms with Crippen LogP contribution in [-0.2, 0) is 27.1 Å². The van der Waals surface area contributed by atoms with Crippen LogP contribution in [0.5, 0.6) is 0 Å². The van der Waals surface area contributed by atoms with Crippen LogP contribution in [0.25, 0.3) is 155 Å². The number of unbranched alkanes of at least 4 members (excludes halogenated alkanes) is 16. The number of hydrogen-bond acceptors (Lipinski definition) is 4. The van der Waals surface area contributed by atoms with Crippen LogP contribution in [0, 0.1) is 0 Å². The lowest BCUT2D eigenvalue weighted by molar-refractivity contribution is 0.399. The van der Waals surface area contributed by atoms with Gasteiger partial charge in [-0.15, -0.1) is 0 Å². The fourth-order valence-corrected chi connectivity index (χ4v) is 24.9. The molecule has 0 aliphatic heterocycles. The molecule has 0 saturated carbocycles. The minimum Gasteiger partial charge on any atom is -0.456 e. The lowest BCUT2D eigenvalue weighted by Crippen LogP contribution is -2.26. The lowest BCUT2D eigenvalue weighted by atomic mass is 9.70. The summed E-state index contributed by atoms with van der Waals surface area (Å²) in [6.07, 6.45) is 29.7. The third-order valence-electron chi connectivity index (χ3n) is 31.7. The highest BCUT2D eigenvalue weighted by Crippen LogP contribution is 2.64. The predicted molar refractivity (Wildman–Crippen MR) is 538 cm³/mol. The number of benzene rings is 14. The summed E-state index contributed by atoms with van der Waals surface area (Å²) in [6, 6.07) is 102. The molecule has 0 atom stereocenters. The Morgan fingerprint density at radius 2 is 0.591 bits per heavy atom. The largest absolute Gasteiger partial charge is 0.456 e. The quantitative estimate of drug-likeness (QED) is 0.0421. The number of anilines is 3. The van der Waals surface area contributed by atoms with Gasteiger partial charge in [0.1, 0.15) is 33.5 Å². The van der Waals surface area contributed by atoms with Crippen molar-refractivity contribution in [1.82, 2.24) is 0 Å². The fraction of sp³-hybridized carbons (Fsp3) is 0.317. The smallest absolute Gasteiger partial charge is 0.143 e. The summed E-state index contributed by atoms with van der Waals surface area (Å²) in [5.41, 5.74) is 43.2. The number of para-hydroxylation sites is 3. The van der Waals surface area contributed by atoms with E-state index in [1.807, 2.05) is 0 Å². The van der Waals surface area contributed by atoms with Crippen molar-refractivity contribution in [3.8, 4) is 89.0 Å². The first kappa shape index (κ1) is 81.1. The summed E-state index contributed by atoms with van der Waals surface area (Å²) in [7, 11) is 0. The minimum atomic E-state index is -0.335. The van der Waals surface area contributed by atoms with E-state index in [-0.39, 0.29) is 27.1 Å². The summed E-state index contributed by atoms with van der Waals surface area (Å²) in [6.45, 7) is 24.1. The molecule has 0 amide bonds. The zero-order valence-electron chi connectivity index (χ0n) is 76.5. The molecule has 0 spiro atoms. The molecule has 17 aromatic rings. The molecular formula is C123H121NO3. The molecule has 0 unspecified atom stereocenters. The number of furan rings is 3. The van der Waals surface area contributed by atoms with Gasteiger partial charge in [0.15, 0.2) is 0 Å². The highest BCUT2D eigenvalue weighted by atomic mass is 16.3. The van der Waals surface area contributed by atoms with Crippen molar-refractivity contribution in [2.24, 2.45) is 0 Å². The first-order chi connectivity index (χ1) is 62.0. The Morgan fingerprint density at radius 1 is 0.220 bits per heavy atom. The molecular weight excluding hydrogens is 1540 g/mol. The van der Waals surface area contributed by atoms with E-state index in [9.17, 15) is 0 Å². The molecule has 3 aromatic heterocycles. The molecule has 4 nitrogen and oxygen atoms in total. The van der Waals surface area contributed by atoms with Gasteiger partial charge in [0.05, 0.1) is 0 Å². The van der Waals surface area contributed by atoms with Crippen LogP contribution in [0.2, 0.25) is 0 Å². The molecule has 636 valence electrons. The molecule has 4 heteroatoms. The van der Waals surface area contributed by atoms with Gasteiger partial charge in [0.25, 0.3) is 0 Å². The maximum Gasteiger partial charge on any atom is 0.143 e. The summed E-state index contributed by atoms with van der Waals surface area (Å²) in [5.74, 6) is 0. The zero-order valence-corrected chi connectivity index (χ0v) is 76.5. The van der Waals surface area contributed by atoms with Crippen LogP contribution in [0.3, 0.4) is 0 Å². The minimum absolute atomic E-state index is 0.0360. The monoisotopic (exact) mass is 1660 g/mol. The Morgan fingerprint density at radius 3 is 1.20 bits per heavy atom. The van der Waals surface area contributed by atoms with E-state index in [4.69, 9.17) is 13.3 Å². The number of fused-ring (bicyclic) bond motifs is 26. The number of rotatable bonds is 30. The molecule has 0 fully saturated rings. The maximum absolute atomic E-state index is 7.42. The van der Waals surface area contributed by atoms with Gasteiger partial charge < -0.3 is 18.2 Å². The average Bonchev–Trinajstić information content (AvgIpc) is 1.53. The third-order valence-corrected chi connectivity index (χ3v) is 31.7. The van der Waals surface area contributed by atoms with Crippen molar-refractivity contribution in [2.75, 3.05) is 4.90 Å². The lowest BCUT2D eigenvalue weighted by Gasteiger charge is -2.34. The second-order valence-corrected chi connectivity index (χ2v) is 40.2. The molecule has 0 bridgehead atoms. The van der Waals surface area contributed by atoms with E-state index in [0.717, 1.165) is 87.0 Å². The fourth-order valence-electron chi connectivity index (χ4n) is 24.9. The van der Waals surface area contributed by atoms with Crippen molar-refractivity contribution in [1.29, 1.82) is 0 Å². The van der Waals surface area contributed by atoms with E-state index >= 15 is 0 Å². The predicted octanol–water partition coefficient (Wildman–Crippen LogP) is 36.7. The van der Waals surface area contributed by atoms with Crippen LogP contribution in [0.15, 0.2) is 274 Å². The van der Waals surface area contributed by atoms with Crippen LogP contribution in [-0.4, -0.2) is 0 Å². The van der Waals surface area contributed by atoms with E-state index in [0.29, 0.717) is 0 Å². The Kier molecular flexibility index (Phi) is 20.4. The summed E-state index contributed by atoms with van der Waals surface area (Å²) < 4.78 is 20.7. The van der Waals surface area contributed by atoms with Crippen molar-refractivity contribution in [3.05, 3.63) is 316 Å². The summed E-state index contributed by atoms with van der Waals surface area (Å²) >= 11 is 0. The Balaban J connectivity index is 0.644. The Bertz CT molecular complexity index is 7170. The highest BCUT2D eigenvalue weighted by Gasteiger charge is 2.48. The van der Waals surface area contributed by atoms with Gasteiger partial charge in [-0.3, -0.25) is 0 Å². The number of hydrogen-bond donors (Lipinski definition) is 0. The Labute approximate surface area is 751 Å². The third kappa shape index (κ3) is 13.0. The van der Waals surface area contributed by atoms with Gasteiger partial charge in [0.2, 0.25) is 0 Å². The van der Waals surface area contributed by atoms with Gasteiger partial charge >= 0.3 is 0 Å². The zero-order chi connectivity index (χ0) is 86.2. The van der Waals surface area contributed by atoms with Gasteiger partial charge in [0, 0.05) is 82.0 Å². The van der Waals surface area contributed by atoms with E-state index in [1.165, 1.54) is 283 Å². The summed E-state index contributed by atoms with van der Waals surface area (Å²) in [5, 5.41) is 7.04. The molecule has 5 aliphatic rings. The van der Waals surface area contributed by atoms with Crippen LogP contribution in [0.4, 0.5) is 17.1 Å². The molecule has 3 heterocycles. The van der Waals surface area contributed by atoms with Crippen molar-refractivity contribution in [3.63, 3.8) is 0 Å². The molecule has 127 heavy (non-hydrogen) atoms. The van der Waals surface area contributed by atoms with Gasteiger partial charge in [-0.05, 0) is 268 Å². The van der Waals surface area contributed by atoms with Crippen molar-refractivity contribution in [2.45, 2.75) is 250 Å². The van der Waals surface area contributed by atoms with E-state index in [2.05, 4.69) is 335 Å². The molecule has 0 saturated heterocycles. The first-order valence-corrected chi connectivity index (χ1v) is 48.8. The second kappa shape index (κ2) is 31.9. The van der Waals surface area contributed by atoms with Crippen molar-refractivity contribution < 1.29 is 13.3 Å². The molecule has 0 radical (unpaired) electrons. The summed E-state index contributed by atoms with van der Waals surface area (Å²) in [4.78, 5) is 2.59. The topological polar surface area (TPSA) is 42.7 Å². The highest BCUT2D eigenvalue weighted by molar-refractivity contribution is 6.20. The maximum atomic E-state index is 7.42. The van der Waals surface area contributed by atoms with Crippen LogP contribution in [0.1, 0.15) is 279 Å². The van der Waals surface area contributed by atoms with Crippen LogP contribution >= 0.6 is 0 Å². The molecule has 0 N–H and O–H groups in total. The van der Waals surface area contributed by atoms with Crippen molar-refractivity contribution >= 4 is 82.9 Å². The number of nitrogens with zero attached hydrogens (tertiary/aromatic N) is 1. The van der Waals surface area contributed by atoms with Gasteiger partial charge in [-0.1, -0.05) is 355 Å². The molecule has 14 aromatic carbocycles. The van der Waals surface area contributed by atoms with E-state index in [1.54, 1.807) is 11.1 Å². The van der Waals surface area contributed by atoms with E-state index < -0.39 is 0 Å². The van der Waals surface area contributed by atoms with Gasteiger partial charge in [-0.2, -0.15) is 0 Å². The van der Waals surface area contributed by atoms with Gasteiger partial charge in [-0.25, -0.2) is 0 Å². The second-order valence-electron chi connectivity index (χ2n) is 40.2.